The SMILES string of the molecule is C=CCN(CC(=O)O)C(=O)NC(C)(C)c1nccs1. The molecule has 0 aromatic carbocycles. The fourth-order valence-electron chi connectivity index (χ4n) is 1.47. The molecule has 0 saturated heterocycles. The summed E-state index contributed by atoms with van der Waals surface area (Å²) in [5.41, 5.74) is -0.650. The van der Waals surface area contributed by atoms with E-state index < -0.39 is 17.5 Å². The lowest BCUT2D eigenvalue weighted by atomic mass is 10.1. The van der Waals surface area contributed by atoms with Crippen LogP contribution in [0.5, 0.6) is 0 Å². The fraction of sp³-hybridized carbons (Fsp3) is 0.417. The molecule has 1 aromatic heterocycles. The summed E-state index contributed by atoms with van der Waals surface area (Å²) in [4.78, 5) is 28.1. The standard InChI is InChI=1S/C12H17N3O3S/c1-4-6-15(8-9(16)17)11(18)14-12(2,3)10-13-5-7-19-10/h4-5,7H,1,6,8H2,2-3H3,(H,14,18)(H,16,17). The number of nitrogens with one attached hydrogen (secondary N) is 1. The van der Waals surface area contributed by atoms with Crippen LogP contribution in [0.2, 0.25) is 0 Å². The van der Waals surface area contributed by atoms with Gasteiger partial charge in [0.1, 0.15) is 11.6 Å². The van der Waals surface area contributed by atoms with Crippen LogP contribution in [-0.2, 0) is 10.3 Å². The summed E-state index contributed by atoms with van der Waals surface area (Å²) in [6.45, 7) is 6.95. The van der Waals surface area contributed by atoms with Gasteiger partial charge in [-0.15, -0.1) is 17.9 Å². The van der Waals surface area contributed by atoms with Gasteiger partial charge in [0, 0.05) is 18.1 Å². The predicted molar refractivity (Wildman–Crippen MR) is 73.1 cm³/mol. The number of carbonyl (C=O) groups excluding carboxylic acids is 1. The van der Waals surface area contributed by atoms with E-state index in [0.717, 1.165) is 5.01 Å². The predicted octanol–water partition coefficient (Wildman–Crippen LogP) is 1.66. The largest absolute Gasteiger partial charge is 0.480 e. The molecular formula is C12H17N3O3S. The van der Waals surface area contributed by atoms with Crippen molar-refractivity contribution in [2.24, 2.45) is 0 Å². The van der Waals surface area contributed by atoms with Gasteiger partial charge < -0.3 is 15.3 Å². The lowest BCUT2D eigenvalue weighted by Crippen LogP contribution is -2.49. The number of carboxylic acids is 1. The molecule has 0 radical (unpaired) electrons. The zero-order valence-corrected chi connectivity index (χ0v) is 11.7. The van der Waals surface area contributed by atoms with E-state index in [1.807, 2.05) is 19.2 Å². The first-order chi connectivity index (χ1) is 8.86. The summed E-state index contributed by atoms with van der Waals surface area (Å²) in [7, 11) is 0. The summed E-state index contributed by atoms with van der Waals surface area (Å²) < 4.78 is 0. The lowest BCUT2D eigenvalue weighted by molar-refractivity contribution is -0.137. The smallest absolute Gasteiger partial charge is 0.323 e. The molecule has 0 atom stereocenters. The zero-order chi connectivity index (χ0) is 14.5. The van der Waals surface area contributed by atoms with Crippen molar-refractivity contribution in [2.75, 3.05) is 13.1 Å². The van der Waals surface area contributed by atoms with Crippen LogP contribution in [0.3, 0.4) is 0 Å². The Morgan fingerprint density at radius 2 is 2.32 bits per heavy atom. The van der Waals surface area contributed by atoms with E-state index >= 15 is 0 Å². The molecule has 0 aliphatic carbocycles. The molecule has 0 bridgehead atoms. The Labute approximate surface area is 115 Å². The van der Waals surface area contributed by atoms with E-state index in [1.54, 1.807) is 6.20 Å². The molecule has 0 spiro atoms. The molecule has 2 amide bonds. The molecule has 2 N–H and O–H groups in total. The summed E-state index contributed by atoms with van der Waals surface area (Å²) in [6.07, 6.45) is 3.14. The molecule has 7 heteroatoms. The van der Waals surface area contributed by atoms with Crippen molar-refractivity contribution in [1.29, 1.82) is 0 Å². The third-order valence-corrected chi connectivity index (χ3v) is 3.45. The number of amides is 2. The highest BCUT2D eigenvalue weighted by Gasteiger charge is 2.28. The Balaban J connectivity index is 2.75. The number of nitrogens with zero attached hydrogens (tertiary/aromatic N) is 2. The van der Waals surface area contributed by atoms with Crippen LogP contribution in [0.25, 0.3) is 0 Å². The molecule has 104 valence electrons. The molecule has 0 unspecified atom stereocenters. The van der Waals surface area contributed by atoms with Crippen molar-refractivity contribution in [3.05, 3.63) is 29.2 Å². The first kappa shape index (κ1) is 15.2. The number of carbonyl (C=O) groups is 2. The highest BCUT2D eigenvalue weighted by molar-refractivity contribution is 7.09. The zero-order valence-electron chi connectivity index (χ0n) is 10.9. The number of carboxylic acid groups (broad SMARTS) is 1. The van der Waals surface area contributed by atoms with Gasteiger partial charge in [0.2, 0.25) is 0 Å². The number of thiazole rings is 1. The van der Waals surface area contributed by atoms with Crippen molar-refractivity contribution in [3.8, 4) is 0 Å². The molecule has 1 aromatic rings. The Morgan fingerprint density at radius 1 is 1.63 bits per heavy atom. The number of urea groups is 1. The summed E-state index contributed by atoms with van der Waals surface area (Å²) >= 11 is 1.43. The van der Waals surface area contributed by atoms with Gasteiger partial charge in [0.05, 0.1) is 5.54 Å². The van der Waals surface area contributed by atoms with Gasteiger partial charge in [-0.05, 0) is 13.8 Å². The van der Waals surface area contributed by atoms with Crippen LogP contribution in [-0.4, -0.2) is 40.1 Å². The average Bonchev–Trinajstić information content (AvgIpc) is 2.81. The van der Waals surface area contributed by atoms with Gasteiger partial charge >= 0.3 is 12.0 Å². The maximum Gasteiger partial charge on any atom is 0.323 e. The molecule has 0 fully saturated rings. The Kier molecular flexibility index (Phi) is 5.05. The Hall–Kier alpha value is -1.89. The fourth-order valence-corrected chi connectivity index (χ4v) is 2.19. The minimum Gasteiger partial charge on any atom is -0.480 e. The van der Waals surface area contributed by atoms with E-state index in [1.165, 1.54) is 22.3 Å². The summed E-state index contributed by atoms with van der Waals surface area (Å²) in [5.74, 6) is -1.07. The van der Waals surface area contributed by atoms with Gasteiger partial charge in [0.15, 0.2) is 0 Å². The minimum absolute atomic E-state index is 0.173. The maximum absolute atomic E-state index is 12.1. The second-order valence-electron chi connectivity index (χ2n) is 4.46. The molecule has 19 heavy (non-hydrogen) atoms. The van der Waals surface area contributed by atoms with Gasteiger partial charge in [-0.2, -0.15) is 0 Å². The number of hydrogen-bond acceptors (Lipinski definition) is 4. The van der Waals surface area contributed by atoms with Gasteiger partial charge in [-0.1, -0.05) is 6.08 Å². The molecule has 6 nitrogen and oxygen atoms in total. The van der Waals surface area contributed by atoms with E-state index in [-0.39, 0.29) is 13.1 Å². The minimum atomic E-state index is -1.07. The highest BCUT2D eigenvalue weighted by atomic mass is 32.1. The Bertz CT molecular complexity index is 457. The van der Waals surface area contributed by atoms with E-state index in [9.17, 15) is 9.59 Å². The van der Waals surface area contributed by atoms with Crippen LogP contribution in [0.4, 0.5) is 4.79 Å². The van der Waals surface area contributed by atoms with Crippen molar-refractivity contribution < 1.29 is 14.7 Å². The second kappa shape index (κ2) is 6.33. The molecular weight excluding hydrogens is 266 g/mol. The van der Waals surface area contributed by atoms with Crippen LogP contribution in [0, 0.1) is 0 Å². The molecule has 0 saturated carbocycles. The third-order valence-electron chi connectivity index (χ3n) is 2.35. The van der Waals surface area contributed by atoms with Gasteiger partial charge in [0.25, 0.3) is 0 Å². The number of rotatable bonds is 6. The Morgan fingerprint density at radius 3 is 2.79 bits per heavy atom. The normalized spacial score (nSPS) is 10.8. The van der Waals surface area contributed by atoms with Crippen LogP contribution < -0.4 is 5.32 Å². The maximum atomic E-state index is 12.1. The quantitative estimate of drug-likeness (QED) is 0.778. The van der Waals surface area contributed by atoms with E-state index in [0.29, 0.717) is 0 Å². The summed E-state index contributed by atoms with van der Waals surface area (Å²) in [6, 6.07) is -0.456. The van der Waals surface area contributed by atoms with Gasteiger partial charge in [-0.25, -0.2) is 9.78 Å². The van der Waals surface area contributed by atoms with E-state index in [4.69, 9.17) is 5.11 Å². The molecule has 1 rings (SSSR count). The van der Waals surface area contributed by atoms with Gasteiger partial charge in [-0.3, -0.25) is 4.79 Å². The average molecular weight is 283 g/mol. The van der Waals surface area contributed by atoms with Crippen molar-refractivity contribution in [1.82, 2.24) is 15.2 Å². The third kappa shape index (κ3) is 4.36. The van der Waals surface area contributed by atoms with Crippen LogP contribution >= 0.6 is 11.3 Å². The summed E-state index contributed by atoms with van der Waals surface area (Å²) in [5, 5.41) is 14.1. The topological polar surface area (TPSA) is 82.5 Å². The van der Waals surface area contributed by atoms with E-state index in [2.05, 4.69) is 16.9 Å². The van der Waals surface area contributed by atoms with Crippen LogP contribution in [0.15, 0.2) is 24.2 Å². The number of hydrogen-bond donors (Lipinski definition) is 2. The first-order valence-electron chi connectivity index (χ1n) is 5.66. The molecule has 0 aliphatic rings. The monoisotopic (exact) mass is 283 g/mol. The number of aromatic nitrogens is 1. The highest BCUT2D eigenvalue weighted by Crippen LogP contribution is 2.22. The second-order valence-corrected chi connectivity index (χ2v) is 5.35. The van der Waals surface area contributed by atoms with Crippen LogP contribution in [0.1, 0.15) is 18.9 Å². The van der Waals surface area contributed by atoms with Crippen molar-refractivity contribution in [2.45, 2.75) is 19.4 Å². The molecule has 0 aliphatic heterocycles. The lowest BCUT2D eigenvalue weighted by Gasteiger charge is -2.28. The number of aliphatic carboxylic acids is 1. The van der Waals surface area contributed by atoms with Crippen molar-refractivity contribution >= 4 is 23.3 Å². The molecule has 1 heterocycles. The first-order valence-corrected chi connectivity index (χ1v) is 6.54. The van der Waals surface area contributed by atoms with Crippen molar-refractivity contribution in [3.63, 3.8) is 0 Å².